The molecule has 0 spiro atoms. The van der Waals surface area contributed by atoms with Crippen LogP contribution in [0.4, 0.5) is 0 Å². The molecule has 8 heteroatoms. The number of carbonyl (C=O) groups is 2. The van der Waals surface area contributed by atoms with Crippen LogP contribution in [0, 0.1) is 0 Å². The van der Waals surface area contributed by atoms with E-state index in [0.29, 0.717) is 32.7 Å². The fourth-order valence-corrected chi connectivity index (χ4v) is 9.14. The van der Waals surface area contributed by atoms with Gasteiger partial charge in [0.05, 0.1) is 0 Å². The number of carboxylic acids is 1. The molecule has 0 aliphatic heterocycles. The number of rotatable bonds is 8. The third-order valence-corrected chi connectivity index (χ3v) is 13.0. The maximum atomic E-state index is 11.2. The van der Waals surface area contributed by atoms with E-state index in [1.807, 2.05) is 0 Å². The van der Waals surface area contributed by atoms with E-state index in [1.54, 1.807) is 14.0 Å². The molecule has 1 amide bonds. The number of nitrogens with zero attached hydrogens (tertiary/aromatic N) is 1. The Morgan fingerprint density at radius 3 is 2.17 bits per heavy atom. The molecule has 0 saturated heterocycles. The van der Waals surface area contributed by atoms with Crippen molar-refractivity contribution >= 4 is 34.1 Å². The van der Waals surface area contributed by atoms with Crippen molar-refractivity contribution in [2.45, 2.75) is 59.2 Å². The predicted molar refractivity (Wildman–Crippen MR) is 114 cm³/mol. The Hall–Kier alpha value is -1.35. The van der Waals surface area contributed by atoms with E-state index < -0.39 is 14.2 Å². The van der Waals surface area contributed by atoms with Crippen LogP contribution in [0.2, 0.25) is 18.1 Å². The molecule has 0 aliphatic rings. The van der Waals surface area contributed by atoms with Gasteiger partial charge < -0.3 is 9.90 Å². The van der Waals surface area contributed by atoms with Crippen molar-refractivity contribution in [2.24, 2.45) is 0 Å². The molecule has 156 valence electrons. The Morgan fingerprint density at radius 1 is 1.17 bits per heavy atom. The van der Waals surface area contributed by atoms with Gasteiger partial charge in [0.1, 0.15) is 0 Å². The second kappa shape index (κ2) is 11.7. The first-order chi connectivity index (χ1) is 13.6. The minimum absolute atomic E-state index is 0.0324. The Labute approximate surface area is 191 Å². The van der Waals surface area contributed by atoms with Crippen molar-refractivity contribution in [2.75, 3.05) is 13.7 Å². The molecule has 2 rings (SSSR count). The van der Waals surface area contributed by atoms with Crippen LogP contribution in [0.25, 0.3) is 10.9 Å². The molecule has 0 saturated carbocycles. The summed E-state index contributed by atoms with van der Waals surface area (Å²) in [4.78, 5) is 20.1. The fraction of sp³-hybridized carbons (Fsp3) is 0.524. The first-order valence-corrected chi connectivity index (χ1v) is 15.4. The van der Waals surface area contributed by atoms with Gasteiger partial charge >= 0.3 is 169 Å². The zero-order valence-electron chi connectivity index (χ0n) is 18.6. The van der Waals surface area contributed by atoms with Crippen molar-refractivity contribution in [1.29, 1.82) is 0 Å². The van der Waals surface area contributed by atoms with Gasteiger partial charge in [0, 0.05) is 5.97 Å². The van der Waals surface area contributed by atoms with Crippen LogP contribution in [-0.2, 0) is 42.1 Å². The van der Waals surface area contributed by atoms with Gasteiger partial charge in [-0.2, -0.15) is 0 Å². The van der Waals surface area contributed by atoms with Crippen LogP contribution in [0.5, 0.6) is 5.75 Å². The summed E-state index contributed by atoms with van der Waals surface area (Å²) in [5.41, 5.74) is 2.70. The normalized spacial score (nSPS) is 11.0. The number of benzene rings is 1. The minimum atomic E-state index is -1.54. The summed E-state index contributed by atoms with van der Waals surface area (Å²) in [7, 11) is 0.220. The van der Waals surface area contributed by atoms with Crippen molar-refractivity contribution in [3.05, 3.63) is 23.9 Å². The number of nitrogens with one attached hydrogen (secondary N) is 1. The first-order valence-electron chi connectivity index (χ1n) is 10.1. The third kappa shape index (κ3) is 6.57. The Balaban J connectivity index is 0.000000960. The molecule has 0 unspecified atom stereocenters. The zero-order valence-corrected chi connectivity index (χ0v) is 25.1. The van der Waals surface area contributed by atoms with E-state index in [9.17, 15) is 4.79 Å². The molecule has 1 heterocycles. The van der Waals surface area contributed by atoms with E-state index in [4.69, 9.17) is 14.6 Å². The Morgan fingerprint density at radius 2 is 1.72 bits per heavy atom. The average Bonchev–Trinajstić information content (AvgIpc) is 3.00. The molecule has 0 aliphatic carbocycles. The van der Waals surface area contributed by atoms with Gasteiger partial charge in [-0.1, -0.05) is 0 Å². The summed E-state index contributed by atoms with van der Waals surface area (Å²) in [6.45, 7) is 10.3. The number of methoxy groups -OCH3 is 1. The number of carbonyl (C=O) groups excluding carboxylic acids is 2. The van der Waals surface area contributed by atoms with E-state index in [0.717, 1.165) is 19.1 Å². The number of ether oxygens (including phenoxy) is 1. The molecular weight excluding hydrogens is 573 g/mol. The van der Waals surface area contributed by atoms with Crippen LogP contribution in [0.15, 0.2) is 18.3 Å². The summed E-state index contributed by atoms with van der Waals surface area (Å²) in [5.74, 6) is -0.0314. The van der Waals surface area contributed by atoms with E-state index in [2.05, 4.69) is 48.7 Å². The number of hydrogen-bond donors (Lipinski definition) is 1. The van der Waals surface area contributed by atoms with Gasteiger partial charge in [-0.25, -0.2) is 0 Å². The number of carboxylic acid groups (broad SMARTS) is 1. The van der Waals surface area contributed by atoms with E-state index >= 15 is 0 Å². The van der Waals surface area contributed by atoms with Gasteiger partial charge in [0.15, 0.2) is 0 Å². The fourth-order valence-electron chi connectivity index (χ4n) is 3.78. The van der Waals surface area contributed by atoms with E-state index in [-0.39, 0.29) is 5.91 Å². The first kappa shape index (κ1) is 25.7. The molecule has 1 N–H and O–H groups in total. The molecule has 1 aromatic heterocycles. The Bertz CT molecular complexity index is 835. The Kier molecular flexibility index (Phi) is 10.4. The van der Waals surface area contributed by atoms with Crippen molar-refractivity contribution < 1.29 is 45.6 Å². The van der Waals surface area contributed by atoms with Crippen molar-refractivity contribution in [3.8, 4) is 5.75 Å². The number of aromatic nitrogens is 1. The molecule has 2 aromatic rings. The number of hydrogen-bond acceptors (Lipinski definition) is 4. The quantitative estimate of drug-likeness (QED) is 0.468. The number of aliphatic carboxylic acids is 1. The maximum absolute atomic E-state index is 11.2. The summed E-state index contributed by atoms with van der Waals surface area (Å²) < 4.78 is 9.62. The van der Waals surface area contributed by atoms with Crippen molar-refractivity contribution in [3.63, 3.8) is 0 Å². The van der Waals surface area contributed by atoms with E-state index in [1.165, 1.54) is 37.7 Å². The van der Waals surface area contributed by atoms with Gasteiger partial charge in [0.2, 0.25) is 0 Å². The zero-order chi connectivity index (χ0) is 22.2. The SMILES string of the molecule is CC(=O)[O-].CC[Si](CC)(CC)n1cc(CCNC(C)=O)c2cc(OC)[c]([Hg+])cc21. The number of amides is 1. The monoisotopic (exact) mass is 606 g/mol. The second-order valence-corrected chi connectivity index (χ2v) is 15.2. The summed E-state index contributed by atoms with van der Waals surface area (Å²) >= 11 is 0.519. The molecule has 0 fully saturated rings. The summed E-state index contributed by atoms with van der Waals surface area (Å²) in [6, 6.07) is 8.34. The third-order valence-electron chi connectivity index (χ3n) is 5.54. The van der Waals surface area contributed by atoms with Crippen LogP contribution in [0.3, 0.4) is 0 Å². The molecule has 0 radical (unpaired) electrons. The molecule has 0 bridgehead atoms. The molecule has 1 aromatic carbocycles. The van der Waals surface area contributed by atoms with Crippen LogP contribution in [0.1, 0.15) is 40.2 Å². The molecule has 6 nitrogen and oxygen atoms in total. The summed E-state index contributed by atoms with van der Waals surface area (Å²) in [5, 5.41) is 13.1. The van der Waals surface area contributed by atoms with Gasteiger partial charge in [-0.3, -0.25) is 0 Å². The van der Waals surface area contributed by atoms with Crippen LogP contribution in [-0.4, -0.2) is 38.0 Å². The molecular formula is C21H32HgN2O4Si. The molecule has 29 heavy (non-hydrogen) atoms. The van der Waals surface area contributed by atoms with Crippen LogP contribution < -0.4 is 18.2 Å². The molecule has 0 atom stereocenters. The topological polar surface area (TPSA) is 83.4 Å². The van der Waals surface area contributed by atoms with Crippen LogP contribution >= 0.6 is 0 Å². The predicted octanol–water partition coefficient (Wildman–Crippen LogP) is 2.11. The average molecular weight is 605 g/mol. The standard InChI is InChI=1S/C19H29N2O2Si.C2H4O2.Hg/c1-6-24(7-2,8-3)21-14-16(11-12-20-15(4)22)18-13-17(23-5)9-10-19(18)21;1-2(3)4;/h10,13-14H,6-8,11-12H2,1-5H3,(H,20,22);1H3,(H,3,4);/q;;+1/p-1. The van der Waals surface area contributed by atoms with Gasteiger partial charge in [0.25, 0.3) is 0 Å². The summed E-state index contributed by atoms with van der Waals surface area (Å²) in [6.07, 6.45) is 3.24. The van der Waals surface area contributed by atoms with Gasteiger partial charge in [-0.05, 0) is 6.92 Å². The van der Waals surface area contributed by atoms with Gasteiger partial charge in [-0.15, -0.1) is 0 Å². The number of fused-ring (bicyclic) bond motifs is 1. The van der Waals surface area contributed by atoms with Crippen molar-refractivity contribution in [1.82, 2.24) is 9.55 Å². The second-order valence-electron chi connectivity index (χ2n) is 7.22.